The van der Waals surface area contributed by atoms with Gasteiger partial charge in [0.05, 0.1) is 16.9 Å². The number of thiophene rings is 1. The van der Waals surface area contributed by atoms with E-state index in [-0.39, 0.29) is 5.91 Å². The highest BCUT2D eigenvalue weighted by Gasteiger charge is 2.17. The zero-order valence-electron chi connectivity index (χ0n) is 15.6. The van der Waals surface area contributed by atoms with Crippen LogP contribution >= 0.6 is 11.3 Å². The zero-order valence-corrected chi connectivity index (χ0v) is 16.4. The summed E-state index contributed by atoms with van der Waals surface area (Å²) in [7, 11) is 2.10. The third-order valence-electron chi connectivity index (χ3n) is 4.79. The number of nitrogens with one attached hydrogen (secondary N) is 1. The van der Waals surface area contributed by atoms with Crippen LogP contribution in [0.25, 0.3) is 10.4 Å². The summed E-state index contributed by atoms with van der Waals surface area (Å²) in [5.74, 6) is 0.379. The summed E-state index contributed by atoms with van der Waals surface area (Å²) >= 11 is 1.64. The molecule has 7 nitrogen and oxygen atoms in total. The van der Waals surface area contributed by atoms with Crippen LogP contribution in [0.4, 0.5) is 17.3 Å². The maximum Gasteiger partial charge on any atom is 0.258 e. The number of aromatic nitrogens is 2. The minimum Gasteiger partial charge on any atom is -0.397 e. The minimum absolute atomic E-state index is 0.278. The molecule has 1 aromatic carbocycles. The fourth-order valence-corrected chi connectivity index (χ4v) is 3.79. The highest BCUT2D eigenvalue weighted by Crippen LogP contribution is 2.30. The molecule has 144 valence electrons. The Morgan fingerprint density at radius 1 is 1.14 bits per heavy atom. The van der Waals surface area contributed by atoms with Crippen molar-refractivity contribution in [2.24, 2.45) is 0 Å². The number of nitrogens with two attached hydrogens (primary N) is 1. The van der Waals surface area contributed by atoms with Gasteiger partial charge in [-0.1, -0.05) is 12.1 Å². The van der Waals surface area contributed by atoms with Crippen LogP contribution in [-0.2, 0) is 0 Å². The molecule has 4 rings (SSSR count). The van der Waals surface area contributed by atoms with Gasteiger partial charge in [0.1, 0.15) is 0 Å². The van der Waals surface area contributed by atoms with Crippen LogP contribution in [0.3, 0.4) is 0 Å². The van der Waals surface area contributed by atoms with E-state index in [1.165, 1.54) is 0 Å². The van der Waals surface area contributed by atoms with Crippen LogP contribution in [0.15, 0.2) is 48.1 Å². The quantitative estimate of drug-likeness (QED) is 0.662. The second-order valence-electron chi connectivity index (χ2n) is 6.80. The number of carbonyl (C=O) groups is 1. The van der Waals surface area contributed by atoms with E-state index in [0.29, 0.717) is 22.9 Å². The van der Waals surface area contributed by atoms with Crippen molar-refractivity contribution in [3.05, 3.63) is 53.7 Å². The average molecular weight is 395 g/mol. The molecule has 0 unspecified atom stereocenters. The predicted octanol–water partition coefficient (Wildman–Crippen LogP) is 2.79. The Balaban J connectivity index is 1.47. The van der Waals surface area contributed by atoms with Crippen LogP contribution in [0.1, 0.15) is 10.4 Å². The van der Waals surface area contributed by atoms with Crippen LogP contribution in [0.2, 0.25) is 0 Å². The summed E-state index contributed by atoms with van der Waals surface area (Å²) < 4.78 is 0. The molecule has 1 aliphatic rings. The standard InChI is InChI=1S/C20H22N6OS/c1-25-6-8-26(9-7-25)20-22-12-15(13-23-20)19(27)24-17-11-14(4-5-16(17)21)18-3-2-10-28-18/h2-5,10-13H,6-9,21H2,1H3,(H,24,27). The number of hydrogen-bond acceptors (Lipinski definition) is 7. The Hall–Kier alpha value is -2.97. The number of carbonyl (C=O) groups excluding carboxylic acids is 1. The van der Waals surface area contributed by atoms with Gasteiger partial charge in [0.15, 0.2) is 0 Å². The number of benzene rings is 1. The normalized spacial score (nSPS) is 14.8. The lowest BCUT2D eigenvalue weighted by Gasteiger charge is -2.32. The van der Waals surface area contributed by atoms with Gasteiger partial charge in [-0.15, -0.1) is 11.3 Å². The number of anilines is 3. The maximum atomic E-state index is 12.6. The highest BCUT2D eigenvalue weighted by atomic mass is 32.1. The molecular weight excluding hydrogens is 372 g/mol. The van der Waals surface area contributed by atoms with Gasteiger partial charge in [0, 0.05) is 43.4 Å². The lowest BCUT2D eigenvalue weighted by Crippen LogP contribution is -2.45. The first kappa shape index (κ1) is 18.4. The van der Waals surface area contributed by atoms with E-state index in [4.69, 9.17) is 5.73 Å². The molecule has 8 heteroatoms. The maximum absolute atomic E-state index is 12.6. The van der Waals surface area contributed by atoms with Crippen LogP contribution in [0.5, 0.6) is 0 Å². The van der Waals surface area contributed by atoms with E-state index in [1.54, 1.807) is 29.8 Å². The molecule has 1 fully saturated rings. The van der Waals surface area contributed by atoms with Crippen molar-refractivity contribution in [2.45, 2.75) is 0 Å². The SMILES string of the molecule is CN1CCN(c2ncc(C(=O)Nc3cc(-c4cccs4)ccc3N)cn2)CC1. The number of amides is 1. The zero-order chi connectivity index (χ0) is 19.5. The number of rotatable bonds is 4. The molecule has 0 saturated carbocycles. The fourth-order valence-electron chi connectivity index (χ4n) is 3.06. The number of nitrogen functional groups attached to an aromatic ring is 1. The smallest absolute Gasteiger partial charge is 0.258 e. The summed E-state index contributed by atoms with van der Waals surface area (Å²) in [6, 6.07) is 9.67. The molecule has 0 radical (unpaired) electrons. The van der Waals surface area contributed by atoms with Crippen molar-refractivity contribution < 1.29 is 4.79 Å². The number of nitrogens with zero attached hydrogens (tertiary/aromatic N) is 4. The molecule has 3 N–H and O–H groups in total. The van der Waals surface area contributed by atoms with Crippen molar-refractivity contribution in [1.29, 1.82) is 0 Å². The Kier molecular flexibility index (Phi) is 5.23. The number of likely N-dealkylation sites (N-methyl/N-ethyl adjacent to an activating group) is 1. The molecule has 1 aliphatic heterocycles. The van der Waals surface area contributed by atoms with Gasteiger partial charge in [0.25, 0.3) is 5.91 Å². The predicted molar refractivity (Wildman–Crippen MR) is 114 cm³/mol. The minimum atomic E-state index is -0.278. The molecule has 3 aromatic rings. The summed E-state index contributed by atoms with van der Waals surface area (Å²) in [4.78, 5) is 26.9. The molecule has 1 saturated heterocycles. The summed E-state index contributed by atoms with van der Waals surface area (Å²) in [6.45, 7) is 3.72. The molecule has 2 aromatic heterocycles. The lowest BCUT2D eigenvalue weighted by molar-refractivity contribution is 0.102. The van der Waals surface area contributed by atoms with Gasteiger partial charge in [-0.25, -0.2) is 9.97 Å². The van der Waals surface area contributed by atoms with Crippen LogP contribution in [0, 0.1) is 0 Å². The molecule has 0 spiro atoms. The number of piperazine rings is 1. The largest absolute Gasteiger partial charge is 0.397 e. The Morgan fingerprint density at radius 2 is 1.89 bits per heavy atom. The van der Waals surface area contributed by atoms with E-state index in [1.807, 2.05) is 29.6 Å². The van der Waals surface area contributed by atoms with Gasteiger partial charge in [-0.2, -0.15) is 0 Å². The molecule has 0 aliphatic carbocycles. The Bertz CT molecular complexity index is 949. The number of hydrogen-bond donors (Lipinski definition) is 2. The molecule has 0 bridgehead atoms. The summed E-state index contributed by atoms with van der Waals surface area (Å²) in [5.41, 5.74) is 8.57. The summed E-state index contributed by atoms with van der Waals surface area (Å²) in [6.07, 6.45) is 3.13. The van der Waals surface area contributed by atoms with E-state index < -0.39 is 0 Å². The molecular formula is C20H22N6OS. The van der Waals surface area contributed by atoms with Crippen molar-refractivity contribution in [2.75, 3.05) is 49.2 Å². The first-order valence-electron chi connectivity index (χ1n) is 9.10. The third-order valence-corrected chi connectivity index (χ3v) is 5.71. The lowest BCUT2D eigenvalue weighted by atomic mass is 10.1. The van der Waals surface area contributed by atoms with Gasteiger partial charge in [-0.05, 0) is 36.2 Å². The molecule has 1 amide bonds. The van der Waals surface area contributed by atoms with E-state index in [2.05, 4.69) is 32.1 Å². The second-order valence-corrected chi connectivity index (χ2v) is 7.74. The summed E-state index contributed by atoms with van der Waals surface area (Å²) in [5, 5.41) is 4.89. The van der Waals surface area contributed by atoms with E-state index >= 15 is 0 Å². The second kappa shape index (κ2) is 7.95. The molecule has 3 heterocycles. The van der Waals surface area contributed by atoms with Crippen molar-refractivity contribution in [3.8, 4) is 10.4 Å². The van der Waals surface area contributed by atoms with Crippen molar-refractivity contribution in [1.82, 2.24) is 14.9 Å². The van der Waals surface area contributed by atoms with E-state index in [9.17, 15) is 4.79 Å². The van der Waals surface area contributed by atoms with Gasteiger partial charge < -0.3 is 20.9 Å². The fraction of sp³-hybridized carbons (Fsp3) is 0.250. The van der Waals surface area contributed by atoms with Crippen LogP contribution in [-0.4, -0.2) is 54.0 Å². The van der Waals surface area contributed by atoms with Gasteiger partial charge in [-0.3, -0.25) is 4.79 Å². The first-order chi connectivity index (χ1) is 13.6. The van der Waals surface area contributed by atoms with Crippen LogP contribution < -0.4 is 16.0 Å². The highest BCUT2D eigenvalue weighted by molar-refractivity contribution is 7.13. The Labute approximate surface area is 167 Å². The van der Waals surface area contributed by atoms with Gasteiger partial charge >= 0.3 is 0 Å². The van der Waals surface area contributed by atoms with E-state index in [0.717, 1.165) is 36.6 Å². The molecule has 28 heavy (non-hydrogen) atoms. The van der Waals surface area contributed by atoms with Crippen molar-refractivity contribution >= 4 is 34.6 Å². The topological polar surface area (TPSA) is 87.4 Å². The first-order valence-corrected chi connectivity index (χ1v) is 9.98. The average Bonchev–Trinajstić information content (AvgIpc) is 3.25. The van der Waals surface area contributed by atoms with Gasteiger partial charge in [0.2, 0.25) is 5.95 Å². The van der Waals surface area contributed by atoms with Crippen molar-refractivity contribution in [3.63, 3.8) is 0 Å². The Morgan fingerprint density at radius 3 is 2.57 bits per heavy atom. The monoisotopic (exact) mass is 394 g/mol. The third kappa shape index (κ3) is 3.97. The molecule has 0 atom stereocenters.